The Balaban J connectivity index is 1.76. The van der Waals surface area contributed by atoms with Crippen LogP contribution in [-0.2, 0) is 10.3 Å². The van der Waals surface area contributed by atoms with Crippen molar-refractivity contribution in [3.05, 3.63) is 59.8 Å². The second-order valence-electron chi connectivity index (χ2n) is 7.79. The van der Waals surface area contributed by atoms with E-state index in [-0.39, 0.29) is 6.10 Å². The molecule has 6 nitrogen and oxygen atoms in total. The molecule has 0 bridgehead atoms. The third kappa shape index (κ3) is 3.82. The van der Waals surface area contributed by atoms with E-state index in [2.05, 4.69) is 42.4 Å². The van der Waals surface area contributed by atoms with E-state index in [1.165, 1.54) is 0 Å². The van der Waals surface area contributed by atoms with Crippen LogP contribution < -0.4 is 15.8 Å². The molecule has 0 amide bonds. The molecule has 2 aromatic carbocycles. The Morgan fingerprint density at radius 2 is 2.07 bits per heavy atom. The number of hydrogen-bond donors (Lipinski definition) is 2. The van der Waals surface area contributed by atoms with Gasteiger partial charge in [0.15, 0.2) is 0 Å². The summed E-state index contributed by atoms with van der Waals surface area (Å²) in [6, 6.07) is 16.0. The minimum absolute atomic E-state index is 0.00254. The van der Waals surface area contributed by atoms with Gasteiger partial charge in [-0.15, -0.1) is 0 Å². The van der Waals surface area contributed by atoms with Crippen LogP contribution in [0.25, 0.3) is 10.9 Å². The first-order valence-corrected chi connectivity index (χ1v) is 9.68. The number of pyridine rings is 1. The summed E-state index contributed by atoms with van der Waals surface area (Å²) < 4.78 is 11.4. The molecule has 6 heteroatoms. The first-order valence-electron chi connectivity index (χ1n) is 9.68. The van der Waals surface area contributed by atoms with Crippen LogP contribution in [0.2, 0.25) is 0 Å². The maximum Gasteiger partial charge on any atom is 0.144 e. The number of ether oxygens (including phenoxy) is 2. The molecule has 148 valence electrons. The molecule has 1 saturated heterocycles. The van der Waals surface area contributed by atoms with Crippen LogP contribution in [-0.4, -0.2) is 24.3 Å². The molecular weight excluding hydrogens is 364 g/mol. The highest BCUT2D eigenvalue weighted by molar-refractivity contribution is 5.97. The van der Waals surface area contributed by atoms with Crippen molar-refractivity contribution >= 4 is 22.3 Å². The number of nitrogens with two attached hydrogens (primary N) is 1. The van der Waals surface area contributed by atoms with Crippen LogP contribution in [0.1, 0.15) is 31.4 Å². The lowest BCUT2D eigenvalue weighted by Crippen LogP contribution is -2.28. The number of nitriles is 1. The highest BCUT2D eigenvalue weighted by Crippen LogP contribution is 2.36. The Morgan fingerprint density at radius 3 is 2.76 bits per heavy atom. The largest absolute Gasteiger partial charge is 0.486 e. The van der Waals surface area contributed by atoms with Gasteiger partial charge in [0.25, 0.3) is 0 Å². The van der Waals surface area contributed by atoms with Gasteiger partial charge in [-0.2, -0.15) is 5.26 Å². The molecule has 3 N–H and O–H groups in total. The van der Waals surface area contributed by atoms with Gasteiger partial charge in [-0.05, 0) is 25.5 Å². The fourth-order valence-corrected chi connectivity index (χ4v) is 3.58. The normalized spacial score (nSPS) is 16.5. The van der Waals surface area contributed by atoms with Crippen LogP contribution in [0, 0.1) is 11.3 Å². The summed E-state index contributed by atoms with van der Waals surface area (Å²) in [5.41, 5.74) is 9.44. The summed E-state index contributed by atoms with van der Waals surface area (Å²) in [4.78, 5) is 4.46. The van der Waals surface area contributed by atoms with Crippen LogP contribution in [0.15, 0.2) is 48.7 Å². The monoisotopic (exact) mass is 388 g/mol. The number of anilines is 2. The van der Waals surface area contributed by atoms with E-state index < -0.39 is 5.54 Å². The van der Waals surface area contributed by atoms with Gasteiger partial charge in [0.2, 0.25) is 0 Å². The molecular formula is C23H24N4O2. The van der Waals surface area contributed by atoms with Crippen molar-refractivity contribution in [2.75, 3.05) is 24.3 Å². The van der Waals surface area contributed by atoms with E-state index in [0.717, 1.165) is 22.9 Å². The Kier molecular flexibility index (Phi) is 4.99. The van der Waals surface area contributed by atoms with Gasteiger partial charge in [-0.3, -0.25) is 4.98 Å². The Hall–Kier alpha value is -3.30. The quantitative estimate of drug-likeness (QED) is 0.636. The Labute approximate surface area is 170 Å². The summed E-state index contributed by atoms with van der Waals surface area (Å²) in [6.07, 6.45) is 2.43. The molecule has 1 atom stereocenters. The van der Waals surface area contributed by atoms with Crippen molar-refractivity contribution < 1.29 is 9.47 Å². The second kappa shape index (κ2) is 7.61. The smallest absolute Gasteiger partial charge is 0.144 e. The zero-order valence-corrected chi connectivity index (χ0v) is 16.6. The molecule has 0 aliphatic carbocycles. The summed E-state index contributed by atoms with van der Waals surface area (Å²) in [6.45, 7) is 5.42. The first-order chi connectivity index (χ1) is 14.0. The van der Waals surface area contributed by atoms with Gasteiger partial charge < -0.3 is 20.5 Å². The SMILES string of the molecule is CC(C)(Nc1c(C#N)cnc2cc(OC3CCOC3)c(N)cc12)c1ccccc1. The Morgan fingerprint density at radius 1 is 1.28 bits per heavy atom. The van der Waals surface area contributed by atoms with Crippen molar-refractivity contribution in [3.63, 3.8) is 0 Å². The zero-order chi connectivity index (χ0) is 20.4. The summed E-state index contributed by atoms with van der Waals surface area (Å²) in [5, 5.41) is 14.0. The van der Waals surface area contributed by atoms with Crippen LogP contribution in [0.5, 0.6) is 5.75 Å². The number of rotatable bonds is 5. The predicted molar refractivity (Wildman–Crippen MR) is 114 cm³/mol. The van der Waals surface area contributed by atoms with Gasteiger partial charge in [0, 0.05) is 24.1 Å². The van der Waals surface area contributed by atoms with E-state index in [1.54, 1.807) is 6.20 Å². The number of hydrogen-bond acceptors (Lipinski definition) is 6. The van der Waals surface area contributed by atoms with E-state index in [9.17, 15) is 5.26 Å². The number of nitrogens with one attached hydrogen (secondary N) is 1. The minimum Gasteiger partial charge on any atom is -0.486 e. The molecule has 1 aromatic heterocycles. The zero-order valence-electron chi connectivity index (χ0n) is 16.6. The lowest BCUT2D eigenvalue weighted by molar-refractivity contribution is 0.142. The number of nitrogens with zero attached hydrogens (tertiary/aromatic N) is 2. The van der Waals surface area contributed by atoms with E-state index in [0.29, 0.717) is 35.9 Å². The fourth-order valence-electron chi connectivity index (χ4n) is 3.58. The fraction of sp³-hybridized carbons (Fsp3) is 0.304. The molecule has 0 radical (unpaired) electrons. The average molecular weight is 388 g/mol. The van der Waals surface area contributed by atoms with Crippen molar-refractivity contribution in [2.45, 2.75) is 31.9 Å². The molecule has 0 spiro atoms. The first kappa shape index (κ1) is 19.0. The van der Waals surface area contributed by atoms with Crippen LogP contribution in [0.3, 0.4) is 0 Å². The molecule has 1 aliphatic heterocycles. The third-order valence-electron chi connectivity index (χ3n) is 5.23. The molecule has 1 aliphatic rings. The number of nitrogen functional groups attached to an aromatic ring is 1. The molecule has 1 fully saturated rings. The highest BCUT2D eigenvalue weighted by atomic mass is 16.5. The third-order valence-corrected chi connectivity index (χ3v) is 5.23. The van der Waals surface area contributed by atoms with Gasteiger partial charge in [-0.25, -0.2) is 0 Å². The van der Waals surface area contributed by atoms with E-state index in [1.807, 2.05) is 30.3 Å². The number of fused-ring (bicyclic) bond motifs is 1. The number of aromatic nitrogens is 1. The Bertz CT molecular complexity index is 1070. The maximum absolute atomic E-state index is 9.66. The average Bonchev–Trinajstić information content (AvgIpc) is 3.23. The molecule has 29 heavy (non-hydrogen) atoms. The van der Waals surface area contributed by atoms with Crippen LogP contribution >= 0.6 is 0 Å². The van der Waals surface area contributed by atoms with Gasteiger partial charge in [0.05, 0.1) is 41.2 Å². The van der Waals surface area contributed by atoms with Crippen molar-refractivity contribution in [1.29, 1.82) is 5.26 Å². The van der Waals surface area contributed by atoms with Gasteiger partial charge in [0.1, 0.15) is 17.9 Å². The summed E-state index contributed by atoms with van der Waals surface area (Å²) in [7, 11) is 0. The molecule has 4 rings (SSSR count). The van der Waals surface area contributed by atoms with Crippen LogP contribution in [0.4, 0.5) is 11.4 Å². The standard InChI is InChI=1S/C23H24N4O2/c1-23(2,16-6-4-3-5-7-16)27-22-15(12-24)13-26-20-11-21(19(25)10-18(20)22)29-17-8-9-28-14-17/h3-7,10-11,13,17H,8-9,14,25H2,1-2H3,(H,26,27). The van der Waals surface area contributed by atoms with Gasteiger partial charge >= 0.3 is 0 Å². The molecule has 2 heterocycles. The second-order valence-corrected chi connectivity index (χ2v) is 7.79. The van der Waals surface area contributed by atoms with Crippen molar-refractivity contribution in [1.82, 2.24) is 4.98 Å². The predicted octanol–water partition coefficient (Wildman–Crippen LogP) is 4.20. The summed E-state index contributed by atoms with van der Waals surface area (Å²) in [5.74, 6) is 0.596. The molecule has 1 unspecified atom stereocenters. The maximum atomic E-state index is 9.66. The van der Waals surface area contributed by atoms with E-state index in [4.69, 9.17) is 15.2 Å². The minimum atomic E-state index is -0.397. The van der Waals surface area contributed by atoms with Gasteiger partial charge in [-0.1, -0.05) is 30.3 Å². The highest BCUT2D eigenvalue weighted by Gasteiger charge is 2.24. The lowest BCUT2D eigenvalue weighted by atomic mass is 9.93. The molecule has 3 aromatic rings. The van der Waals surface area contributed by atoms with Crippen molar-refractivity contribution in [3.8, 4) is 11.8 Å². The lowest BCUT2D eigenvalue weighted by Gasteiger charge is -2.29. The topological polar surface area (TPSA) is 93.2 Å². The number of benzene rings is 2. The van der Waals surface area contributed by atoms with E-state index >= 15 is 0 Å². The molecule has 0 saturated carbocycles. The van der Waals surface area contributed by atoms with Crippen molar-refractivity contribution in [2.24, 2.45) is 0 Å². The summed E-state index contributed by atoms with van der Waals surface area (Å²) >= 11 is 0.